The first-order valence-corrected chi connectivity index (χ1v) is 6.94. The van der Waals surface area contributed by atoms with Crippen molar-refractivity contribution >= 4 is 5.95 Å². The van der Waals surface area contributed by atoms with Gasteiger partial charge < -0.3 is 4.90 Å². The lowest BCUT2D eigenvalue weighted by molar-refractivity contribution is 0.201. The van der Waals surface area contributed by atoms with Crippen molar-refractivity contribution < 1.29 is 0 Å². The first-order chi connectivity index (χ1) is 9.17. The molecule has 0 radical (unpaired) electrons. The smallest absolute Gasteiger partial charge is 0.227 e. The third-order valence-corrected chi connectivity index (χ3v) is 4.15. The molecular weight excluding hydrogens is 238 g/mol. The summed E-state index contributed by atoms with van der Waals surface area (Å²) < 4.78 is 0. The molecule has 1 aromatic rings. The van der Waals surface area contributed by atoms with Gasteiger partial charge in [-0.05, 0) is 39.3 Å². The molecule has 2 saturated heterocycles. The van der Waals surface area contributed by atoms with Crippen LogP contribution < -0.4 is 4.90 Å². The van der Waals surface area contributed by atoms with Crippen LogP contribution in [0.15, 0.2) is 6.07 Å². The van der Waals surface area contributed by atoms with Gasteiger partial charge in [0.15, 0.2) is 0 Å². The lowest BCUT2D eigenvalue weighted by atomic mass is 10.1. The molecule has 0 saturated carbocycles. The molecule has 2 atom stereocenters. The highest BCUT2D eigenvalue weighted by molar-refractivity contribution is 5.38. The lowest BCUT2D eigenvalue weighted by Gasteiger charge is -2.42. The minimum atomic E-state index is 0.405. The van der Waals surface area contributed by atoms with Gasteiger partial charge in [-0.15, -0.1) is 0 Å². The second kappa shape index (κ2) is 4.78. The van der Waals surface area contributed by atoms with Crippen LogP contribution in [0.5, 0.6) is 0 Å². The summed E-state index contributed by atoms with van der Waals surface area (Å²) in [6.45, 7) is 7.41. The maximum atomic E-state index is 9.03. The van der Waals surface area contributed by atoms with Gasteiger partial charge in [-0.25, -0.2) is 9.97 Å². The molecule has 0 aliphatic carbocycles. The number of piperazine rings is 1. The largest absolute Gasteiger partial charge is 0.335 e. The van der Waals surface area contributed by atoms with E-state index in [0.717, 1.165) is 24.7 Å². The summed E-state index contributed by atoms with van der Waals surface area (Å²) >= 11 is 0. The van der Waals surface area contributed by atoms with E-state index < -0.39 is 0 Å². The van der Waals surface area contributed by atoms with Crippen LogP contribution in [-0.4, -0.2) is 46.6 Å². The number of rotatable bonds is 1. The SMILES string of the molecule is Cc1cc(C#N)nc(N2CC3CCCN3CC2C)n1. The fraction of sp³-hybridized carbons (Fsp3) is 0.643. The fourth-order valence-electron chi connectivity index (χ4n) is 3.20. The molecule has 0 amide bonds. The predicted octanol–water partition coefficient (Wildman–Crippen LogP) is 1.33. The Hall–Kier alpha value is -1.67. The van der Waals surface area contributed by atoms with Gasteiger partial charge in [0, 0.05) is 30.9 Å². The van der Waals surface area contributed by atoms with E-state index in [4.69, 9.17) is 5.26 Å². The Balaban J connectivity index is 1.89. The van der Waals surface area contributed by atoms with Crippen molar-refractivity contribution in [2.75, 3.05) is 24.5 Å². The van der Waals surface area contributed by atoms with Gasteiger partial charge in [-0.1, -0.05) is 0 Å². The molecule has 1 aromatic heterocycles. The summed E-state index contributed by atoms with van der Waals surface area (Å²) in [6, 6.07) is 4.89. The van der Waals surface area contributed by atoms with Crippen LogP contribution in [-0.2, 0) is 0 Å². The van der Waals surface area contributed by atoms with Gasteiger partial charge in [0.05, 0.1) is 0 Å². The first-order valence-electron chi connectivity index (χ1n) is 6.94. The molecule has 5 nitrogen and oxygen atoms in total. The van der Waals surface area contributed by atoms with Crippen molar-refractivity contribution in [1.82, 2.24) is 14.9 Å². The van der Waals surface area contributed by atoms with Gasteiger partial charge in [0.2, 0.25) is 5.95 Å². The fourth-order valence-corrected chi connectivity index (χ4v) is 3.20. The summed E-state index contributed by atoms with van der Waals surface area (Å²) in [4.78, 5) is 13.7. The maximum absolute atomic E-state index is 9.03. The average Bonchev–Trinajstić information content (AvgIpc) is 2.84. The first kappa shape index (κ1) is 12.4. The number of hydrogen-bond acceptors (Lipinski definition) is 5. The Labute approximate surface area is 113 Å². The van der Waals surface area contributed by atoms with Crippen LogP contribution in [0.25, 0.3) is 0 Å². The van der Waals surface area contributed by atoms with E-state index in [1.54, 1.807) is 6.07 Å². The summed E-state index contributed by atoms with van der Waals surface area (Å²) in [5.41, 5.74) is 1.33. The quantitative estimate of drug-likeness (QED) is 0.759. The summed E-state index contributed by atoms with van der Waals surface area (Å²) in [5, 5.41) is 9.03. The highest BCUT2D eigenvalue weighted by Gasteiger charge is 2.35. The molecule has 2 aliphatic heterocycles. The van der Waals surface area contributed by atoms with E-state index >= 15 is 0 Å². The normalized spacial score (nSPS) is 27.1. The minimum Gasteiger partial charge on any atom is -0.335 e. The van der Waals surface area contributed by atoms with Crippen molar-refractivity contribution in [2.45, 2.75) is 38.8 Å². The van der Waals surface area contributed by atoms with E-state index in [2.05, 4.69) is 32.8 Å². The number of nitrogens with zero attached hydrogens (tertiary/aromatic N) is 5. The van der Waals surface area contributed by atoms with E-state index in [1.807, 2.05) is 6.92 Å². The van der Waals surface area contributed by atoms with E-state index in [9.17, 15) is 0 Å². The molecule has 19 heavy (non-hydrogen) atoms. The average molecular weight is 257 g/mol. The Kier molecular flexibility index (Phi) is 3.11. The van der Waals surface area contributed by atoms with Gasteiger partial charge in [0.25, 0.3) is 0 Å². The zero-order valence-electron chi connectivity index (χ0n) is 11.5. The number of hydrogen-bond donors (Lipinski definition) is 0. The van der Waals surface area contributed by atoms with Gasteiger partial charge in [-0.2, -0.15) is 5.26 Å². The number of aryl methyl sites for hydroxylation is 1. The van der Waals surface area contributed by atoms with Crippen molar-refractivity contribution in [1.29, 1.82) is 5.26 Å². The van der Waals surface area contributed by atoms with E-state index in [-0.39, 0.29) is 0 Å². The molecule has 2 aliphatic rings. The van der Waals surface area contributed by atoms with Crippen LogP contribution in [0.2, 0.25) is 0 Å². The van der Waals surface area contributed by atoms with Gasteiger partial charge >= 0.3 is 0 Å². The highest BCUT2D eigenvalue weighted by Crippen LogP contribution is 2.27. The third kappa shape index (κ3) is 2.28. The molecule has 0 aromatic carbocycles. The number of aromatic nitrogens is 2. The Morgan fingerprint density at radius 2 is 2.21 bits per heavy atom. The van der Waals surface area contributed by atoms with Gasteiger partial charge in [0.1, 0.15) is 11.8 Å². The van der Waals surface area contributed by atoms with Crippen LogP contribution in [0.4, 0.5) is 5.95 Å². The summed E-state index contributed by atoms with van der Waals surface area (Å²) in [6.07, 6.45) is 2.56. The van der Waals surface area contributed by atoms with Crippen LogP contribution in [0.1, 0.15) is 31.2 Å². The van der Waals surface area contributed by atoms with Crippen LogP contribution >= 0.6 is 0 Å². The standard InChI is InChI=1S/C14H19N5/c1-10-6-12(7-15)17-14(16-10)19-9-13-4-3-5-18(13)8-11(19)2/h6,11,13H,3-5,8-9H2,1-2H3. The van der Waals surface area contributed by atoms with Crippen molar-refractivity contribution in [3.05, 3.63) is 17.5 Å². The van der Waals surface area contributed by atoms with Crippen molar-refractivity contribution in [3.8, 4) is 6.07 Å². The van der Waals surface area contributed by atoms with Crippen molar-refractivity contribution in [3.63, 3.8) is 0 Å². The van der Waals surface area contributed by atoms with Crippen molar-refractivity contribution in [2.24, 2.45) is 0 Å². The van der Waals surface area contributed by atoms with Crippen LogP contribution in [0.3, 0.4) is 0 Å². The van der Waals surface area contributed by atoms with Gasteiger partial charge in [-0.3, -0.25) is 4.90 Å². The zero-order chi connectivity index (χ0) is 13.4. The predicted molar refractivity (Wildman–Crippen MR) is 72.9 cm³/mol. The highest BCUT2D eigenvalue weighted by atomic mass is 15.4. The molecule has 0 spiro atoms. The molecule has 100 valence electrons. The third-order valence-electron chi connectivity index (χ3n) is 4.15. The molecule has 0 bridgehead atoms. The Morgan fingerprint density at radius 3 is 3.00 bits per heavy atom. The zero-order valence-corrected chi connectivity index (χ0v) is 11.5. The maximum Gasteiger partial charge on any atom is 0.227 e. The second-order valence-electron chi connectivity index (χ2n) is 5.60. The van der Waals surface area contributed by atoms with Crippen LogP contribution in [0, 0.1) is 18.3 Å². The number of anilines is 1. The number of nitriles is 1. The molecule has 5 heteroatoms. The Morgan fingerprint density at radius 1 is 1.37 bits per heavy atom. The Bertz CT molecular complexity index is 521. The summed E-state index contributed by atoms with van der Waals surface area (Å²) in [7, 11) is 0. The topological polar surface area (TPSA) is 56.1 Å². The molecular formula is C14H19N5. The molecule has 3 heterocycles. The second-order valence-corrected chi connectivity index (χ2v) is 5.60. The molecule has 2 fully saturated rings. The van der Waals surface area contributed by atoms with E-state index in [0.29, 0.717) is 17.8 Å². The molecule has 3 rings (SSSR count). The minimum absolute atomic E-state index is 0.405. The monoisotopic (exact) mass is 257 g/mol. The van der Waals surface area contributed by atoms with E-state index in [1.165, 1.54) is 19.4 Å². The molecule has 2 unspecified atom stereocenters. The number of fused-ring (bicyclic) bond motifs is 1. The summed E-state index contributed by atoms with van der Waals surface area (Å²) in [5.74, 6) is 0.718. The lowest BCUT2D eigenvalue weighted by Crippen LogP contribution is -2.55. The molecule has 0 N–H and O–H groups in total.